The highest BCUT2D eigenvalue weighted by Gasteiger charge is 2.12. The number of halogens is 2. The molecule has 7 heteroatoms. The van der Waals surface area contributed by atoms with E-state index >= 15 is 0 Å². The van der Waals surface area contributed by atoms with Crippen LogP contribution in [0, 0.1) is 28.4 Å². The topological polar surface area (TPSA) is 76.2 Å². The standard InChI is InChI=1S/C23H16Cl2N2O3/c1-15-5-7-16(8-6-15)14-30-23-21(24)10-17(11-22(23)25)9-19(13-26)18-3-2-4-20(12-18)27(28)29/h2-12H,14H2,1H3. The minimum absolute atomic E-state index is 0.0930. The number of rotatable bonds is 6. The molecule has 3 aromatic carbocycles. The zero-order valence-corrected chi connectivity index (χ0v) is 17.4. The number of allylic oxidation sites excluding steroid dienone is 1. The molecule has 0 radical (unpaired) electrons. The molecule has 0 atom stereocenters. The van der Waals surface area contributed by atoms with Crippen molar-refractivity contribution in [3.05, 3.63) is 103 Å². The van der Waals surface area contributed by atoms with Crippen LogP contribution < -0.4 is 4.74 Å². The van der Waals surface area contributed by atoms with E-state index in [1.165, 1.54) is 18.2 Å². The first-order valence-corrected chi connectivity index (χ1v) is 9.67. The summed E-state index contributed by atoms with van der Waals surface area (Å²) < 4.78 is 5.78. The fraction of sp³-hybridized carbons (Fsp3) is 0.0870. The van der Waals surface area contributed by atoms with Gasteiger partial charge in [-0.1, -0.05) is 65.2 Å². The Kier molecular flexibility index (Phi) is 6.73. The smallest absolute Gasteiger partial charge is 0.270 e. The van der Waals surface area contributed by atoms with Crippen LogP contribution in [-0.4, -0.2) is 4.92 Å². The van der Waals surface area contributed by atoms with Gasteiger partial charge >= 0.3 is 0 Å². The highest BCUT2D eigenvalue weighted by molar-refractivity contribution is 6.37. The molecule has 0 aromatic heterocycles. The summed E-state index contributed by atoms with van der Waals surface area (Å²) in [5.41, 5.74) is 3.30. The van der Waals surface area contributed by atoms with Gasteiger partial charge < -0.3 is 4.74 Å². The summed E-state index contributed by atoms with van der Waals surface area (Å²) in [6.07, 6.45) is 1.57. The monoisotopic (exact) mass is 438 g/mol. The Labute approximate surface area is 183 Å². The van der Waals surface area contributed by atoms with Gasteiger partial charge in [-0.05, 0) is 41.8 Å². The predicted octanol–water partition coefficient (Wildman–Crippen LogP) is 6.85. The molecule has 0 fully saturated rings. The molecule has 0 aliphatic heterocycles. The molecule has 150 valence electrons. The number of hydrogen-bond acceptors (Lipinski definition) is 4. The average Bonchev–Trinajstić information content (AvgIpc) is 2.72. The van der Waals surface area contributed by atoms with E-state index < -0.39 is 4.92 Å². The molecule has 0 bridgehead atoms. The molecule has 30 heavy (non-hydrogen) atoms. The zero-order chi connectivity index (χ0) is 21.7. The molecule has 0 unspecified atom stereocenters. The number of benzene rings is 3. The molecule has 0 N–H and O–H groups in total. The van der Waals surface area contributed by atoms with Crippen LogP contribution in [0.1, 0.15) is 22.3 Å². The van der Waals surface area contributed by atoms with Crippen molar-refractivity contribution in [2.45, 2.75) is 13.5 Å². The molecule has 0 aliphatic rings. The van der Waals surface area contributed by atoms with E-state index in [4.69, 9.17) is 27.9 Å². The van der Waals surface area contributed by atoms with Crippen LogP contribution in [-0.2, 0) is 6.61 Å². The van der Waals surface area contributed by atoms with Gasteiger partial charge in [0.05, 0.1) is 26.6 Å². The summed E-state index contributed by atoms with van der Waals surface area (Å²) in [4.78, 5) is 10.5. The zero-order valence-electron chi connectivity index (χ0n) is 15.9. The van der Waals surface area contributed by atoms with Crippen LogP contribution in [0.4, 0.5) is 5.69 Å². The second-order valence-corrected chi connectivity index (χ2v) is 7.38. The van der Waals surface area contributed by atoms with Crippen molar-refractivity contribution in [1.82, 2.24) is 0 Å². The summed E-state index contributed by atoms with van der Waals surface area (Å²) in [5.74, 6) is 0.352. The van der Waals surface area contributed by atoms with Crippen LogP contribution in [0.2, 0.25) is 10.0 Å². The first-order chi connectivity index (χ1) is 14.4. The molecular formula is C23H16Cl2N2O3. The van der Waals surface area contributed by atoms with Gasteiger partial charge in [0.25, 0.3) is 5.69 Å². The predicted molar refractivity (Wildman–Crippen MR) is 119 cm³/mol. The average molecular weight is 439 g/mol. The van der Waals surface area contributed by atoms with Crippen molar-refractivity contribution in [1.29, 1.82) is 5.26 Å². The SMILES string of the molecule is Cc1ccc(COc2c(Cl)cc(C=C(C#N)c3cccc([N+](=O)[O-])c3)cc2Cl)cc1. The number of hydrogen-bond donors (Lipinski definition) is 0. The van der Waals surface area contributed by atoms with E-state index in [0.29, 0.717) is 33.5 Å². The van der Waals surface area contributed by atoms with Crippen molar-refractivity contribution in [2.75, 3.05) is 0 Å². The van der Waals surface area contributed by atoms with Gasteiger partial charge in [-0.15, -0.1) is 0 Å². The minimum atomic E-state index is -0.508. The van der Waals surface area contributed by atoms with Crippen molar-refractivity contribution in [3.63, 3.8) is 0 Å². The summed E-state index contributed by atoms with van der Waals surface area (Å²) >= 11 is 12.7. The number of ether oxygens (including phenoxy) is 1. The summed E-state index contributed by atoms with van der Waals surface area (Å²) in [7, 11) is 0. The van der Waals surface area contributed by atoms with E-state index in [-0.39, 0.29) is 11.3 Å². The molecule has 3 rings (SSSR count). The lowest BCUT2D eigenvalue weighted by Crippen LogP contribution is -1.97. The third-order valence-electron chi connectivity index (χ3n) is 4.32. The van der Waals surface area contributed by atoms with Crippen molar-refractivity contribution in [2.24, 2.45) is 0 Å². The maximum absolute atomic E-state index is 11.0. The number of nitro groups is 1. The summed E-state index contributed by atoms with van der Waals surface area (Å²) in [5, 5.41) is 21.1. The Morgan fingerprint density at radius 1 is 1.13 bits per heavy atom. The van der Waals surface area contributed by atoms with Crippen LogP contribution in [0.5, 0.6) is 5.75 Å². The third kappa shape index (κ3) is 5.18. The maximum Gasteiger partial charge on any atom is 0.270 e. The number of nitriles is 1. The van der Waals surface area contributed by atoms with E-state index in [9.17, 15) is 15.4 Å². The van der Waals surface area contributed by atoms with Gasteiger partial charge in [-0.25, -0.2) is 0 Å². The Hall–Kier alpha value is -3.33. The minimum Gasteiger partial charge on any atom is -0.486 e. The van der Waals surface area contributed by atoms with Gasteiger partial charge in [0, 0.05) is 12.1 Å². The molecule has 0 heterocycles. The molecule has 0 saturated heterocycles. The van der Waals surface area contributed by atoms with Crippen molar-refractivity contribution < 1.29 is 9.66 Å². The normalized spacial score (nSPS) is 11.1. The number of nitro benzene ring substituents is 1. The first kappa shape index (κ1) is 21.4. The molecule has 0 aliphatic carbocycles. The van der Waals surface area contributed by atoms with E-state index in [2.05, 4.69) is 6.07 Å². The van der Waals surface area contributed by atoms with E-state index in [0.717, 1.165) is 11.1 Å². The third-order valence-corrected chi connectivity index (χ3v) is 4.89. The van der Waals surface area contributed by atoms with Crippen LogP contribution in [0.15, 0.2) is 60.7 Å². The lowest BCUT2D eigenvalue weighted by Gasteiger charge is -2.11. The Morgan fingerprint density at radius 2 is 1.80 bits per heavy atom. The highest BCUT2D eigenvalue weighted by atomic mass is 35.5. The lowest BCUT2D eigenvalue weighted by atomic mass is 10.0. The van der Waals surface area contributed by atoms with Crippen LogP contribution in [0.25, 0.3) is 11.6 Å². The molecule has 0 saturated carbocycles. The molecule has 0 amide bonds. The van der Waals surface area contributed by atoms with Crippen LogP contribution in [0.3, 0.4) is 0 Å². The second kappa shape index (κ2) is 9.45. The summed E-state index contributed by atoms with van der Waals surface area (Å²) in [6, 6.07) is 19.1. The number of nitrogens with zero attached hydrogens (tertiary/aromatic N) is 2. The molecule has 5 nitrogen and oxygen atoms in total. The fourth-order valence-electron chi connectivity index (χ4n) is 2.77. The second-order valence-electron chi connectivity index (χ2n) is 6.57. The lowest BCUT2D eigenvalue weighted by molar-refractivity contribution is -0.384. The Bertz CT molecular complexity index is 1140. The highest BCUT2D eigenvalue weighted by Crippen LogP contribution is 2.36. The van der Waals surface area contributed by atoms with Gasteiger partial charge in [0.2, 0.25) is 0 Å². The number of non-ortho nitro benzene ring substituents is 1. The number of aryl methyl sites for hydroxylation is 1. The first-order valence-electron chi connectivity index (χ1n) is 8.91. The van der Waals surface area contributed by atoms with E-state index in [1.807, 2.05) is 31.2 Å². The van der Waals surface area contributed by atoms with Gasteiger partial charge in [0.15, 0.2) is 5.75 Å². The molecule has 3 aromatic rings. The van der Waals surface area contributed by atoms with Crippen LogP contribution >= 0.6 is 23.2 Å². The van der Waals surface area contributed by atoms with Crippen molar-refractivity contribution >= 4 is 40.5 Å². The largest absolute Gasteiger partial charge is 0.486 e. The van der Waals surface area contributed by atoms with Crippen molar-refractivity contribution in [3.8, 4) is 11.8 Å². The quantitative estimate of drug-likeness (QED) is 0.182. The maximum atomic E-state index is 11.0. The molecular weight excluding hydrogens is 423 g/mol. The summed E-state index contributed by atoms with van der Waals surface area (Å²) in [6.45, 7) is 2.32. The fourth-order valence-corrected chi connectivity index (χ4v) is 3.39. The van der Waals surface area contributed by atoms with Gasteiger partial charge in [0.1, 0.15) is 6.61 Å². The Morgan fingerprint density at radius 3 is 2.40 bits per heavy atom. The van der Waals surface area contributed by atoms with E-state index in [1.54, 1.807) is 24.3 Å². The Balaban J connectivity index is 1.86. The van der Waals surface area contributed by atoms with Gasteiger partial charge in [-0.3, -0.25) is 10.1 Å². The van der Waals surface area contributed by atoms with Gasteiger partial charge in [-0.2, -0.15) is 5.26 Å². The molecule has 0 spiro atoms.